The minimum absolute atomic E-state index is 0.780. The van der Waals surface area contributed by atoms with Crippen molar-refractivity contribution < 1.29 is 0 Å². The first-order valence-corrected chi connectivity index (χ1v) is 5.97. The summed E-state index contributed by atoms with van der Waals surface area (Å²) < 4.78 is 0. The Bertz CT molecular complexity index is 196. The van der Waals surface area contributed by atoms with E-state index in [1.807, 2.05) is 0 Å². The van der Waals surface area contributed by atoms with Gasteiger partial charge >= 0.3 is 0 Å². The molecule has 80 valence electrons. The van der Waals surface area contributed by atoms with E-state index in [1.165, 1.54) is 38.9 Å². The normalized spacial score (nSPS) is 30.8. The molecule has 0 radical (unpaired) electrons. The second-order valence-electron chi connectivity index (χ2n) is 4.58. The molecule has 1 unspecified atom stereocenters. The van der Waals surface area contributed by atoms with Crippen LogP contribution in [0.1, 0.15) is 26.2 Å². The first kappa shape index (κ1) is 10.2. The SMILES string of the molecule is C/C=C/CN1CCCNC(C2CC2)C1. The van der Waals surface area contributed by atoms with E-state index in [0.29, 0.717) is 0 Å². The van der Waals surface area contributed by atoms with Crippen molar-refractivity contribution in [3.8, 4) is 0 Å². The van der Waals surface area contributed by atoms with Gasteiger partial charge in [0.2, 0.25) is 0 Å². The van der Waals surface area contributed by atoms with Crippen molar-refractivity contribution in [1.82, 2.24) is 10.2 Å². The minimum atomic E-state index is 0.780. The molecule has 0 amide bonds. The highest BCUT2D eigenvalue weighted by Gasteiger charge is 2.32. The van der Waals surface area contributed by atoms with Crippen LogP contribution in [0.5, 0.6) is 0 Å². The molecule has 2 aliphatic rings. The molecule has 1 saturated heterocycles. The topological polar surface area (TPSA) is 15.3 Å². The maximum absolute atomic E-state index is 3.68. The first-order chi connectivity index (χ1) is 6.90. The zero-order valence-electron chi connectivity index (χ0n) is 9.21. The van der Waals surface area contributed by atoms with Gasteiger partial charge in [0.05, 0.1) is 0 Å². The average molecular weight is 194 g/mol. The number of hydrogen-bond acceptors (Lipinski definition) is 2. The quantitative estimate of drug-likeness (QED) is 0.687. The zero-order valence-corrected chi connectivity index (χ0v) is 9.21. The lowest BCUT2D eigenvalue weighted by molar-refractivity contribution is 0.283. The van der Waals surface area contributed by atoms with E-state index < -0.39 is 0 Å². The standard InChI is InChI=1S/C12H22N2/c1-2-3-8-14-9-4-7-13-12(10-14)11-5-6-11/h2-3,11-13H,4-10H2,1H3/b3-2+. The fourth-order valence-electron chi connectivity index (χ4n) is 2.26. The molecule has 14 heavy (non-hydrogen) atoms. The maximum Gasteiger partial charge on any atom is 0.0223 e. The molecule has 1 aliphatic heterocycles. The Labute approximate surface area is 87.4 Å². The Morgan fingerprint density at radius 1 is 1.43 bits per heavy atom. The molecule has 0 aromatic heterocycles. The van der Waals surface area contributed by atoms with Gasteiger partial charge in [-0.25, -0.2) is 0 Å². The maximum atomic E-state index is 3.68. The van der Waals surface area contributed by atoms with Crippen molar-refractivity contribution in [2.45, 2.75) is 32.2 Å². The molecule has 1 atom stereocenters. The van der Waals surface area contributed by atoms with E-state index in [0.717, 1.165) is 18.5 Å². The molecule has 0 bridgehead atoms. The summed E-state index contributed by atoms with van der Waals surface area (Å²) in [5, 5.41) is 3.68. The molecular formula is C12H22N2. The fourth-order valence-corrected chi connectivity index (χ4v) is 2.26. The lowest BCUT2D eigenvalue weighted by atomic mass is 10.2. The van der Waals surface area contributed by atoms with Gasteiger partial charge in [-0.3, -0.25) is 4.90 Å². The van der Waals surface area contributed by atoms with Gasteiger partial charge < -0.3 is 5.32 Å². The minimum Gasteiger partial charge on any atom is -0.312 e. The Morgan fingerprint density at radius 2 is 2.29 bits per heavy atom. The van der Waals surface area contributed by atoms with E-state index >= 15 is 0 Å². The van der Waals surface area contributed by atoms with Gasteiger partial charge in [-0.2, -0.15) is 0 Å². The van der Waals surface area contributed by atoms with Crippen LogP contribution in [-0.2, 0) is 0 Å². The van der Waals surface area contributed by atoms with Gasteiger partial charge in [0.25, 0.3) is 0 Å². The first-order valence-electron chi connectivity index (χ1n) is 5.97. The highest BCUT2D eigenvalue weighted by Crippen LogP contribution is 2.33. The molecule has 2 rings (SSSR count). The molecule has 1 aliphatic carbocycles. The second-order valence-corrected chi connectivity index (χ2v) is 4.58. The summed E-state index contributed by atoms with van der Waals surface area (Å²) in [6.07, 6.45) is 8.64. The van der Waals surface area contributed by atoms with Crippen molar-refractivity contribution in [3.05, 3.63) is 12.2 Å². The average Bonchev–Trinajstić information content (AvgIpc) is 3.00. The summed E-state index contributed by atoms with van der Waals surface area (Å²) in [5.74, 6) is 0.987. The van der Waals surface area contributed by atoms with Crippen LogP contribution in [0.2, 0.25) is 0 Å². The van der Waals surface area contributed by atoms with Gasteiger partial charge in [0.1, 0.15) is 0 Å². The Morgan fingerprint density at radius 3 is 3.00 bits per heavy atom. The van der Waals surface area contributed by atoms with Gasteiger partial charge in [-0.15, -0.1) is 0 Å². The van der Waals surface area contributed by atoms with Gasteiger partial charge in [0, 0.05) is 19.1 Å². The van der Waals surface area contributed by atoms with E-state index in [1.54, 1.807) is 0 Å². The van der Waals surface area contributed by atoms with Crippen molar-refractivity contribution in [1.29, 1.82) is 0 Å². The second kappa shape index (κ2) is 4.94. The predicted molar refractivity (Wildman–Crippen MR) is 60.4 cm³/mol. The molecule has 1 saturated carbocycles. The van der Waals surface area contributed by atoms with E-state index in [2.05, 4.69) is 29.3 Å². The summed E-state index contributed by atoms with van der Waals surface area (Å²) in [5.41, 5.74) is 0. The monoisotopic (exact) mass is 194 g/mol. The molecule has 0 aromatic carbocycles. The van der Waals surface area contributed by atoms with Crippen LogP contribution in [0.25, 0.3) is 0 Å². The highest BCUT2D eigenvalue weighted by molar-refractivity contribution is 4.91. The van der Waals surface area contributed by atoms with Gasteiger partial charge in [0.15, 0.2) is 0 Å². The number of nitrogens with one attached hydrogen (secondary N) is 1. The van der Waals surface area contributed by atoms with Crippen molar-refractivity contribution in [2.75, 3.05) is 26.2 Å². The van der Waals surface area contributed by atoms with E-state index in [-0.39, 0.29) is 0 Å². The molecule has 0 spiro atoms. The summed E-state index contributed by atoms with van der Waals surface area (Å²) >= 11 is 0. The van der Waals surface area contributed by atoms with Crippen molar-refractivity contribution in [2.24, 2.45) is 5.92 Å². The lowest BCUT2D eigenvalue weighted by Gasteiger charge is -2.22. The molecule has 1 N–H and O–H groups in total. The molecule has 0 aromatic rings. The lowest BCUT2D eigenvalue weighted by Crippen LogP contribution is -2.39. The Balaban J connectivity index is 1.83. The van der Waals surface area contributed by atoms with Crippen LogP contribution < -0.4 is 5.32 Å². The zero-order chi connectivity index (χ0) is 9.80. The van der Waals surface area contributed by atoms with E-state index in [9.17, 15) is 0 Å². The van der Waals surface area contributed by atoms with Crippen molar-refractivity contribution >= 4 is 0 Å². The Hall–Kier alpha value is -0.340. The van der Waals surface area contributed by atoms with Crippen LogP contribution in [0.15, 0.2) is 12.2 Å². The molecule has 2 nitrogen and oxygen atoms in total. The third kappa shape index (κ3) is 2.82. The number of rotatable bonds is 3. The van der Waals surface area contributed by atoms with Gasteiger partial charge in [-0.1, -0.05) is 12.2 Å². The third-order valence-electron chi connectivity index (χ3n) is 3.30. The molecular weight excluding hydrogens is 172 g/mol. The summed E-state index contributed by atoms with van der Waals surface area (Å²) in [6.45, 7) is 6.99. The fraction of sp³-hybridized carbons (Fsp3) is 0.833. The van der Waals surface area contributed by atoms with Crippen LogP contribution >= 0.6 is 0 Å². The number of hydrogen-bond donors (Lipinski definition) is 1. The molecule has 2 heteroatoms. The van der Waals surface area contributed by atoms with Crippen LogP contribution in [0.4, 0.5) is 0 Å². The number of nitrogens with zero attached hydrogens (tertiary/aromatic N) is 1. The largest absolute Gasteiger partial charge is 0.312 e. The molecule has 2 fully saturated rings. The Kier molecular flexibility index (Phi) is 3.60. The summed E-state index contributed by atoms with van der Waals surface area (Å²) in [6, 6.07) is 0.780. The highest BCUT2D eigenvalue weighted by atomic mass is 15.2. The predicted octanol–water partition coefficient (Wildman–Crippen LogP) is 1.64. The van der Waals surface area contributed by atoms with Crippen LogP contribution in [0.3, 0.4) is 0 Å². The number of allylic oxidation sites excluding steroid dienone is 1. The van der Waals surface area contributed by atoms with Gasteiger partial charge in [-0.05, 0) is 45.2 Å². The van der Waals surface area contributed by atoms with Crippen LogP contribution in [0, 0.1) is 5.92 Å². The summed E-state index contributed by atoms with van der Waals surface area (Å²) in [4.78, 5) is 2.59. The smallest absolute Gasteiger partial charge is 0.0223 e. The third-order valence-corrected chi connectivity index (χ3v) is 3.30. The summed E-state index contributed by atoms with van der Waals surface area (Å²) in [7, 11) is 0. The van der Waals surface area contributed by atoms with Crippen molar-refractivity contribution in [3.63, 3.8) is 0 Å². The van der Waals surface area contributed by atoms with E-state index in [4.69, 9.17) is 0 Å². The molecule has 1 heterocycles. The van der Waals surface area contributed by atoms with Crippen LogP contribution in [-0.4, -0.2) is 37.1 Å².